The number of amides is 3. The predicted molar refractivity (Wildman–Crippen MR) is 60.0 cm³/mol. The Balaban J connectivity index is 2.18. The molecule has 0 spiro atoms. The molecule has 0 N–H and O–H groups in total. The van der Waals surface area contributed by atoms with Gasteiger partial charge in [0, 0.05) is 7.05 Å². The van der Waals surface area contributed by atoms with Crippen molar-refractivity contribution in [2.75, 3.05) is 13.6 Å². The molecule has 6 heteroatoms. The van der Waals surface area contributed by atoms with Gasteiger partial charge in [-0.2, -0.15) is 0 Å². The van der Waals surface area contributed by atoms with Crippen LogP contribution >= 0.6 is 11.6 Å². The third-order valence-corrected chi connectivity index (χ3v) is 2.86. The first-order valence-corrected chi connectivity index (χ1v) is 5.36. The molecule has 0 aliphatic carbocycles. The molecule has 0 saturated carbocycles. The van der Waals surface area contributed by atoms with Crippen LogP contribution in [0.2, 0.25) is 5.02 Å². The first-order valence-electron chi connectivity index (χ1n) is 4.98. The van der Waals surface area contributed by atoms with Gasteiger partial charge in [-0.05, 0) is 17.7 Å². The molecular formula is C11H10ClFN2O2. The minimum absolute atomic E-state index is 0.0185. The fraction of sp³-hybridized carbons (Fsp3) is 0.273. The third-order valence-electron chi connectivity index (χ3n) is 2.56. The van der Waals surface area contributed by atoms with Crippen molar-refractivity contribution >= 4 is 23.5 Å². The number of rotatable bonds is 2. The molecule has 90 valence electrons. The number of halogens is 2. The lowest BCUT2D eigenvalue weighted by molar-refractivity contribution is -0.125. The summed E-state index contributed by atoms with van der Waals surface area (Å²) < 4.78 is 13.2. The normalized spacial score (nSPS) is 15.9. The first kappa shape index (κ1) is 11.9. The number of hydrogen-bond acceptors (Lipinski definition) is 2. The highest BCUT2D eigenvalue weighted by Crippen LogP contribution is 2.18. The lowest BCUT2D eigenvalue weighted by Crippen LogP contribution is -2.31. The molecule has 3 amide bonds. The molecule has 1 heterocycles. The minimum Gasteiger partial charge on any atom is -0.318 e. The zero-order valence-corrected chi connectivity index (χ0v) is 9.87. The number of likely N-dealkylation sites (N-methyl/N-ethyl adjacent to an activating group) is 1. The van der Waals surface area contributed by atoms with E-state index >= 15 is 0 Å². The van der Waals surface area contributed by atoms with E-state index in [1.165, 1.54) is 17.0 Å². The Morgan fingerprint density at radius 3 is 2.65 bits per heavy atom. The van der Waals surface area contributed by atoms with E-state index in [1.807, 2.05) is 0 Å². The Hall–Kier alpha value is -1.62. The third kappa shape index (κ3) is 2.24. The Morgan fingerprint density at radius 2 is 2.12 bits per heavy atom. The molecule has 2 rings (SSSR count). The molecule has 0 atom stereocenters. The number of urea groups is 1. The van der Waals surface area contributed by atoms with Gasteiger partial charge in [0.1, 0.15) is 12.4 Å². The Kier molecular flexibility index (Phi) is 3.02. The molecule has 1 aliphatic heterocycles. The number of carbonyl (C=O) groups is 2. The lowest BCUT2D eigenvalue weighted by Gasteiger charge is -2.14. The van der Waals surface area contributed by atoms with Crippen LogP contribution < -0.4 is 0 Å². The summed E-state index contributed by atoms with van der Waals surface area (Å²) in [5.74, 6) is -0.843. The predicted octanol–water partition coefficient (Wildman–Crippen LogP) is 1.87. The molecule has 17 heavy (non-hydrogen) atoms. The summed E-state index contributed by atoms with van der Waals surface area (Å²) in [6, 6.07) is 3.84. The van der Waals surface area contributed by atoms with Crippen molar-refractivity contribution < 1.29 is 14.0 Å². The summed E-state index contributed by atoms with van der Waals surface area (Å²) in [5, 5.41) is 0.0185. The summed E-state index contributed by atoms with van der Waals surface area (Å²) in [6.45, 7) is 0.130. The van der Waals surface area contributed by atoms with E-state index in [2.05, 4.69) is 0 Å². The van der Waals surface area contributed by atoms with Gasteiger partial charge in [0.05, 0.1) is 11.6 Å². The Bertz CT molecular complexity index is 492. The van der Waals surface area contributed by atoms with E-state index in [9.17, 15) is 14.0 Å². The highest BCUT2D eigenvalue weighted by Gasteiger charge is 2.33. The van der Waals surface area contributed by atoms with Gasteiger partial charge in [-0.15, -0.1) is 0 Å². The fourth-order valence-corrected chi connectivity index (χ4v) is 1.76. The van der Waals surface area contributed by atoms with Gasteiger partial charge >= 0.3 is 6.03 Å². The van der Waals surface area contributed by atoms with E-state index in [-0.39, 0.29) is 30.1 Å². The molecular weight excluding hydrogens is 247 g/mol. The number of carbonyl (C=O) groups excluding carboxylic acids is 2. The van der Waals surface area contributed by atoms with E-state index < -0.39 is 5.82 Å². The Labute approximate surface area is 103 Å². The summed E-state index contributed by atoms with van der Waals surface area (Å²) >= 11 is 5.55. The maximum absolute atomic E-state index is 13.2. The second kappa shape index (κ2) is 4.33. The minimum atomic E-state index is -0.559. The van der Waals surface area contributed by atoms with E-state index in [4.69, 9.17) is 11.6 Å². The van der Waals surface area contributed by atoms with Gasteiger partial charge in [0.2, 0.25) is 0 Å². The lowest BCUT2D eigenvalue weighted by atomic mass is 10.2. The van der Waals surface area contributed by atoms with Crippen LogP contribution in [0.4, 0.5) is 9.18 Å². The fourth-order valence-electron chi connectivity index (χ4n) is 1.64. The van der Waals surface area contributed by atoms with Gasteiger partial charge in [0.15, 0.2) is 0 Å². The summed E-state index contributed by atoms with van der Waals surface area (Å²) in [5.41, 5.74) is 0.531. The average Bonchev–Trinajstić information content (AvgIpc) is 2.50. The van der Waals surface area contributed by atoms with Crippen LogP contribution in [0.1, 0.15) is 5.56 Å². The average molecular weight is 257 g/mol. The summed E-state index contributed by atoms with van der Waals surface area (Å²) in [4.78, 5) is 25.5. The van der Waals surface area contributed by atoms with Gasteiger partial charge < -0.3 is 4.90 Å². The largest absolute Gasteiger partial charge is 0.327 e. The van der Waals surface area contributed by atoms with Crippen molar-refractivity contribution in [3.05, 3.63) is 34.6 Å². The maximum Gasteiger partial charge on any atom is 0.327 e. The second-order valence-corrected chi connectivity index (χ2v) is 4.27. The quantitative estimate of drug-likeness (QED) is 0.758. The molecule has 1 aromatic rings. The number of nitrogens with zero attached hydrogens (tertiary/aromatic N) is 2. The zero-order valence-electron chi connectivity index (χ0n) is 9.11. The van der Waals surface area contributed by atoms with Crippen LogP contribution in [0.15, 0.2) is 18.2 Å². The molecule has 0 bridgehead atoms. The highest BCUT2D eigenvalue weighted by atomic mass is 35.5. The topological polar surface area (TPSA) is 40.6 Å². The van der Waals surface area contributed by atoms with Crippen LogP contribution in [0.25, 0.3) is 0 Å². The van der Waals surface area contributed by atoms with Gasteiger partial charge in [0.25, 0.3) is 5.91 Å². The van der Waals surface area contributed by atoms with E-state index in [0.29, 0.717) is 5.56 Å². The zero-order chi connectivity index (χ0) is 12.6. The molecule has 1 aliphatic rings. The molecule has 0 radical (unpaired) electrons. The molecule has 4 nitrogen and oxygen atoms in total. The smallest absolute Gasteiger partial charge is 0.318 e. The monoisotopic (exact) mass is 256 g/mol. The van der Waals surface area contributed by atoms with Gasteiger partial charge in [-0.25, -0.2) is 9.18 Å². The SMILES string of the molecule is CN1CC(=O)N(Cc2ccc(Cl)c(F)c2)C1=O. The van der Waals surface area contributed by atoms with E-state index in [0.717, 1.165) is 4.90 Å². The summed E-state index contributed by atoms with van der Waals surface area (Å²) in [7, 11) is 1.54. The molecule has 1 fully saturated rings. The van der Waals surface area contributed by atoms with Crippen LogP contribution in [-0.4, -0.2) is 35.3 Å². The molecule has 1 saturated heterocycles. The van der Waals surface area contributed by atoms with E-state index in [1.54, 1.807) is 13.1 Å². The van der Waals surface area contributed by atoms with Crippen molar-refractivity contribution in [3.8, 4) is 0 Å². The standard InChI is InChI=1S/C11H10ClFN2O2/c1-14-6-10(16)15(11(14)17)5-7-2-3-8(12)9(13)4-7/h2-4H,5-6H2,1H3. The van der Waals surface area contributed by atoms with Crippen LogP contribution in [0, 0.1) is 5.82 Å². The molecule has 1 aromatic carbocycles. The van der Waals surface area contributed by atoms with Crippen molar-refractivity contribution in [2.45, 2.75) is 6.54 Å². The van der Waals surface area contributed by atoms with Crippen LogP contribution in [0.5, 0.6) is 0 Å². The van der Waals surface area contributed by atoms with Gasteiger partial charge in [-0.3, -0.25) is 9.69 Å². The maximum atomic E-state index is 13.2. The molecule has 0 aromatic heterocycles. The van der Waals surface area contributed by atoms with Crippen LogP contribution in [-0.2, 0) is 11.3 Å². The summed E-state index contributed by atoms with van der Waals surface area (Å²) in [6.07, 6.45) is 0. The van der Waals surface area contributed by atoms with Crippen molar-refractivity contribution in [3.63, 3.8) is 0 Å². The first-order chi connectivity index (χ1) is 7.99. The number of imide groups is 1. The highest BCUT2D eigenvalue weighted by molar-refractivity contribution is 6.30. The number of hydrogen-bond donors (Lipinski definition) is 0. The van der Waals surface area contributed by atoms with Crippen molar-refractivity contribution in [1.82, 2.24) is 9.80 Å². The van der Waals surface area contributed by atoms with Crippen molar-refractivity contribution in [2.24, 2.45) is 0 Å². The van der Waals surface area contributed by atoms with Gasteiger partial charge in [-0.1, -0.05) is 17.7 Å². The second-order valence-electron chi connectivity index (χ2n) is 3.87. The Morgan fingerprint density at radius 1 is 1.41 bits per heavy atom. The van der Waals surface area contributed by atoms with Crippen LogP contribution in [0.3, 0.4) is 0 Å². The van der Waals surface area contributed by atoms with Crippen molar-refractivity contribution in [1.29, 1.82) is 0 Å². The number of benzene rings is 1. The molecule has 0 unspecified atom stereocenters.